The Morgan fingerprint density at radius 2 is 2.09 bits per heavy atom. The Bertz CT molecular complexity index is 642. The lowest BCUT2D eigenvalue weighted by Gasteiger charge is -2.23. The SMILES string of the molecule is COc1ccc(CC(C)(O)CNC(=O)/C=C/c2ccoc2)cc1. The van der Waals surface area contributed by atoms with E-state index in [1.54, 1.807) is 32.4 Å². The summed E-state index contributed by atoms with van der Waals surface area (Å²) < 4.78 is 10.0. The molecule has 5 nitrogen and oxygen atoms in total. The first-order valence-electron chi connectivity index (χ1n) is 7.32. The number of rotatable bonds is 7. The van der Waals surface area contributed by atoms with Crippen LogP contribution in [-0.2, 0) is 11.2 Å². The molecule has 0 bridgehead atoms. The summed E-state index contributed by atoms with van der Waals surface area (Å²) in [6, 6.07) is 9.24. The molecule has 1 aromatic carbocycles. The topological polar surface area (TPSA) is 71.7 Å². The van der Waals surface area contributed by atoms with Crippen molar-refractivity contribution < 1.29 is 19.1 Å². The van der Waals surface area contributed by atoms with Crippen LogP contribution >= 0.6 is 0 Å². The fraction of sp³-hybridized carbons (Fsp3) is 0.278. The molecule has 1 aromatic heterocycles. The number of carbonyl (C=O) groups excluding carboxylic acids is 1. The number of furan rings is 1. The molecule has 1 amide bonds. The van der Waals surface area contributed by atoms with Gasteiger partial charge in [-0.1, -0.05) is 12.1 Å². The summed E-state index contributed by atoms with van der Waals surface area (Å²) in [5, 5.41) is 13.1. The van der Waals surface area contributed by atoms with Crippen LogP contribution in [0.25, 0.3) is 6.08 Å². The van der Waals surface area contributed by atoms with Crippen molar-refractivity contribution >= 4 is 12.0 Å². The standard InChI is InChI=1S/C18H21NO4/c1-18(21,11-14-3-6-16(22-2)7-4-14)13-19-17(20)8-5-15-9-10-23-12-15/h3-10,12,21H,11,13H2,1-2H3,(H,19,20)/b8-5+. The van der Waals surface area contributed by atoms with Crippen LogP contribution in [0.5, 0.6) is 5.75 Å². The largest absolute Gasteiger partial charge is 0.497 e. The van der Waals surface area contributed by atoms with Gasteiger partial charge in [-0.3, -0.25) is 4.79 Å². The lowest BCUT2D eigenvalue weighted by Crippen LogP contribution is -2.41. The number of amides is 1. The number of hydrogen-bond acceptors (Lipinski definition) is 4. The number of aliphatic hydroxyl groups is 1. The maximum Gasteiger partial charge on any atom is 0.244 e. The van der Waals surface area contributed by atoms with E-state index in [9.17, 15) is 9.90 Å². The van der Waals surface area contributed by atoms with Gasteiger partial charge in [-0.25, -0.2) is 0 Å². The summed E-state index contributed by atoms with van der Waals surface area (Å²) in [5.41, 5.74) is 0.748. The predicted octanol–water partition coefficient (Wildman–Crippen LogP) is 2.41. The smallest absolute Gasteiger partial charge is 0.244 e. The molecule has 0 spiro atoms. The van der Waals surface area contributed by atoms with Crippen molar-refractivity contribution in [3.05, 3.63) is 60.1 Å². The highest BCUT2D eigenvalue weighted by Crippen LogP contribution is 2.16. The highest BCUT2D eigenvalue weighted by Gasteiger charge is 2.21. The molecule has 122 valence electrons. The van der Waals surface area contributed by atoms with Gasteiger partial charge in [-0.05, 0) is 36.8 Å². The van der Waals surface area contributed by atoms with Gasteiger partial charge < -0.3 is 19.6 Å². The number of benzene rings is 1. The van der Waals surface area contributed by atoms with E-state index in [1.807, 2.05) is 24.3 Å². The zero-order chi connectivity index (χ0) is 16.7. The summed E-state index contributed by atoms with van der Waals surface area (Å²) in [6.45, 7) is 1.85. The van der Waals surface area contributed by atoms with Crippen molar-refractivity contribution in [1.29, 1.82) is 0 Å². The fourth-order valence-electron chi connectivity index (χ4n) is 2.12. The molecule has 5 heteroatoms. The van der Waals surface area contributed by atoms with E-state index in [0.29, 0.717) is 6.42 Å². The Hall–Kier alpha value is -2.53. The van der Waals surface area contributed by atoms with Crippen LogP contribution in [0.1, 0.15) is 18.1 Å². The molecule has 0 aliphatic heterocycles. The number of carbonyl (C=O) groups is 1. The summed E-state index contributed by atoms with van der Waals surface area (Å²) in [4.78, 5) is 11.8. The first-order chi connectivity index (χ1) is 11.0. The Morgan fingerprint density at radius 3 is 2.70 bits per heavy atom. The molecule has 1 heterocycles. The zero-order valence-corrected chi connectivity index (χ0v) is 13.3. The molecule has 0 saturated carbocycles. The van der Waals surface area contributed by atoms with Gasteiger partial charge in [0.2, 0.25) is 5.91 Å². The molecule has 23 heavy (non-hydrogen) atoms. The Kier molecular flexibility index (Phi) is 5.60. The highest BCUT2D eigenvalue weighted by atomic mass is 16.5. The van der Waals surface area contributed by atoms with Crippen LogP contribution in [0.4, 0.5) is 0 Å². The van der Waals surface area contributed by atoms with E-state index in [4.69, 9.17) is 9.15 Å². The quantitative estimate of drug-likeness (QED) is 0.770. The third-order valence-electron chi connectivity index (χ3n) is 3.36. The first-order valence-corrected chi connectivity index (χ1v) is 7.32. The molecule has 0 aliphatic carbocycles. The molecule has 0 fully saturated rings. The maximum absolute atomic E-state index is 11.8. The minimum Gasteiger partial charge on any atom is -0.497 e. The molecular weight excluding hydrogens is 294 g/mol. The second-order valence-corrected chi connectivity index (χ2v) is 5.63. The van der Waals surface area contributed by atoms with E-state index >= 15 is 0 Å². The first kappa shape index (κ1) is 16.8. The van der Waals surface area contributed by atoms with Crippen molar-refractivity contribution in [2.24, 2.45) is 0 Å². The van der Waals surface area contributed by atoms with Gasteiger partial charge in [-0.15, -0.1) is 0 Å². The minimum atomic E-state index is -1.03. The molecule has 1 unspecified atom stereocenters. The normalized spacial score (nSPS) is 13.7. The molecule has 0 radical (unpaired) electrons. The summed E-state index contributed by atoms with van der Waals surface area (Å²) in [6.07, 6.45) is 6.58. The Balaban J connectivity index is 1.83. The van der Waals surface area contributed by atoms with Gasteiger partial charge >= 0.3 is 0 Å². The maximum atomic E-state index is 11.8. The molecule has 2 rings (SSSR count). The lowest BCUT2D eigenvalue weighted by atomic mass is 9.96. The van der Waals surface area contributed by atoms with E-state index in [0.717, 1.165) is 16.9 Å². The van der Waals surface area contributed by atoms with Crippen LogP contribution in [0.3, 0.4) is 0 Å². The van der Waals surface area contributed by atoms with Crippen LogP contribution in [0.2, 0.25) is 0 Å². The lowest BCUT2D eigenvalue weighted by molar-refractivity contribution is -0.117. The third-order valence-corrected chi connectivity index (χ3v) is 3.36. The average molecular weight is 315 g/mol. The summed E-state index contributed by atoms with van der Waals surface area (Å²) in [5.74, 6) is 0.507. The molecular formula is C18H21NO4. The molecule has 2 N–H and O–H groups in total. The Labute approximate surface area is 135 Å². The van der Waals surface area contributed by atoms with Crippen LogP contribution in [0, 0.1) is 0 Å². The zero-order valence-electron chi connectivity index (χ0n) is 13.3. The Morgan fingerprint density at radius 1 is 1.35 bits per heavy atom. The summed E-state index contributed by atoms with van der Waals surface area (Å²) in [7, 11) is 1.61. The van der Waals surface area contributed by atoms with Crippen LogP contribution in [0.15, 0.2) is 53.4 Å². The van der Waals surface area contributed by atoms with Crippen molar-refractivity contribution in [2.45, 2.75) is 18.9 Å². The van der Waals surface area contributed by atoms with Gasteiger partial charge in [0, 0.05) is 24.6 Å². The second kappa shape index (κ2) is 7.65. The monoisotopic (exact) mass is 315 g/mol. The highest BCUT2D eigenvalue weighted by molar-refractivity contribution is 5.91. The van der Waals surface area contributed by atoms with Crippen LogP contribution < -0.4 is 10.1 Å². The minimum absolute atomic E-state index is 0.160. The predicted molar refractivity (Wildman–Crippen MR) is 88.1 cm³/mol. The van der Waals surface area contributed by atoms with E-state index in [-0.39, 0.29) is 12.5 Å². The van der Waals surface area contributed by atoms with Crippen LogP contribution in [-0.4, -0.2) is 30.3 Å². The van der Waals surface area contributed by atoms with Gasteiger partial charge in [0.05, 0.1) is 25.2 Å². The molecule has 2 aromatic rings. The van der Waals surface area contributed by atoms with Crippen molar-refractivity contribution in [2.75, 3.05) is 13.7 Å². The number of hydrogen-bond donors (Lipinski definition) is 2. The number of nitrogens with one attached hydrogen (secondary N) is 1. The molecule has 0 aliphatic rings. The molecule has 1 atom stereocenters. The van der Waals surface area contributed by atoms with E-state index < -0.39 is 5.60 Å². The number of methoxy groups -OCH3 is 1. The van der Waals surface area contributed by atoms with E-state index in [2.05, 4.69) is 5.32 Å². The van der Waals surface area contributed by atoms with Gasteiger partial charge in [0.1, 0.15) is 5.75 Å². The third kappa shape index (κ3) is 5.64. The van der Waals surface area contributed by atoms with Gasteiger partial charge in [0.25, 0.3) is 0 Å². The van der Waals surface area contributed by atoms with Crippen molar-refractivity contribution in [3.63, 3.8) is 0 Å². The van der Waals surface area contributed by atoms with Crippen molar-refractivity contribution in [3.8, 4) is 5.75 Å². The summed E-state index contributed by atoms with van der Waals surface area (Å²) >= 11 is 0. The number of ether oxygens (including phenoxy) is 1. The average Bonchev–Trinajstić information content (AvgIpc) is 3.05. The van der Waals surface area contributed by atoms with Gasteiger partial charge in [-0.2, -0.15) is 0 Å². The van der Waals surface area contributed by atoms with Gasteiger partial charge in [0.15, 0.2) is 0 Å². The second-order valence-electron chi connectivity index (χ2n) is 5.63. The van der Waals surface area contributed by atoms with E-state index in [1.165, 1.54) is 12.3 Å². The fourth-order valence-corrected chi connectivity index (χ4v) is 2.12. The molecule has 0 saturated heterocycles. The van der Waals surface area contributed by atoms with Crippen molar-refractivity contribution in [1.82, 2.24) is 5.32 Å².